The molecule has 6 nitrogen and oxygen atoms in total. The van der Waals surface area contributed by atoms with E-state index in [1.165, 1.54) is 16.5 Å². The summed E-state index contributed by atoms with van der Waals surface area (Å²) in [4.78, 5) is 18.3. The molecule has 4 rings (SSSR count). The number of aromatic nitrogens is 2. The summed E-state index contributed by atoms with van der Waals surface area (Å²) in [6, 6.07) is 10.1. The lowest BCUT2D eigenvalue weighted by molar-refractivity contribution is -0.672. The van der Waals surface area contributed by atoms with Crippen LogP contribution in [0.15, 0.2) is 64.8 Å². The van der Waals surface area contributed by atoms with E-state index in [9.17, 15) is 18.0 Å². The molecule has 2 aromatic heterocycles. The number of ether oxygens (including phenoxy) is 1. The summed E-state index contributed by atoms with van der Waals surface area (Å²) in [5.74, 6) is 0. The van der Waals surface area contributed by atoms with Gasteiger partial charge in [-0.25, -0.2) is 9.36 Å². The minimum Gasteiger partial charge on any atom is -0.364 e. The zero-order valence-corrected chi connectivity index (χ0v) is 17.3. The maximum atomic E-state index is 13.2. The molecule has 1 atom stereocenters. The van der Waals surface area contributed by atoms with Gasteiger partial charge in [0.2, 0.25) is 6.29 Å². The molecule has 32 heavy (non-hydrogen) atoms. The van der Waals surface area contributed by atoms with Gasteiger partial charge in [0.25, 0.3) is 5.65 Å². The van der Waals surface area contributed by atoms with Crippen LogP contribution in [0.1, 0.15) is 31.2 Å². The Morgan fingerprint density at radius 1 is 1.22 bits per heavy atom. The Bertz CT molecular complexity index is 1170. The lowest BCUT2D eigenvalue weighted by atomic mass is 10.1. The van der Waals surface area contributed by atoms with E-state index in [0.29, 0.717) is 25.2 Å². The number of halogens is 3. The van der Waals surface area contributed by atoms with Crippen LogP contribution >= 0.6 is 0 Å². The molecule has 0 N–H and O–H groups in total. The maximum absolute atomic E-state index is 13.2. The number of pyridine rings is 1. The molecule has 0 aliphatic carbocycles. The maximum Gasteiger partial charge on any atom is 0.416 e. The first-order chi connectivity index (χ1) is 15.4. The predicted octanol–water partition coefficient (Wildman–Crippen LogP) is 4.19. The second-order valence-electron chi connectivity index (χ2n) is 7.53. The third-order valence-corrected chi connectivity index (χ3v) is 5.26. The van der Waals surface area contributed by atoms with E-state index in [2.05, 4.69) is 5.16 Å². The van der Waals surface area contributed by atoms with Crippen molar-refractivity contribution in [2.45, 2.75) is 44.7 Å². The number of fused-ring (bicyclic) bond motifs is 1. The van der Waals surface area contributed by atoms with Gasteiger partial charge in [0.15, 0.2) is 0 Å². The van der Waals surface area contributed by atoms with Crippen molar-refractivity contribution in [3.05, 3.63) is 70.8 Å². The molecule has 0 radical (unpaired) electrons. The van der Waals surface area contributed by atoms with E-state index in [1.54, 1.807) is 36.8 Å². The van der Waals surface area contributed by atoms with Crippen molar-refractivity contribution < 1.29 is 27.3 Å². The van der Waals surface area contributed by atoms with Crippen molar-refractivity contribution in [2.24, 2.45) is 5.16 Å². The zero-order chi connectivity index (χ0) is 22.6. The number of aryl methyl sites for hydroxylation is 1. The number of rotatable bonds is 6. The van der Waals surface area contributed by atoms with E-state index in [-0.39, 0.29) is 23.0 Å². The summed E-state index contributed by atoms with van der Waals surface area (Å²) in [7, 11) is 0. The number of oxime groups is 1. The third kappa shape index (κ3) is 4.99. The average Bonchev–Trinajstić information content (AvgIpc) is 2.80. The van der Waals surface area contributed by atoms with Crippen LogP contribution in [0.3, 0.4) is 0 Å². The number of alkyl halides is 3. The molecule has 1 aromatic carbocycles. The molecule has 9 heteroatoms. The van der Waals surface area contributed by atoms with Crippen LogP contribution in [0.2, 0.25) is 0 Å². The van der Waals surface area contributed by atoms with Gasteiger partial charge < -0.3 is 9.57 Å². The second-order valence-corrected chi connectivity index (χ2v) is 7.53. The highest BCUT2D eigenvalue weighted by Crippen LogP contribution is 2.31. The van der Waals surface area contributed by atoms with Crippen LogP contribution in [-0.4, -0.2) is 23.5 Å². The molecule has 0 saturated carbocycles. The fraction of sp³-hybridized carbons (Fsp3) is 0.348. The van der Waals surface area contributed by atoms with Crippen molar-refractivity contribution >= 4 is 11.9 Å². The first kappa shape index (κ1) is 22.0. The van der Waals surface area contributed by atoms with Gasteiger partial charge in [-0.1, -0.05) is 23.4 Å². The van der Waals surface area contributed by atoms with Gasteiger partial charge in [-0.2, -0.15) is 17.6 Å². The predicted molar refractivity (Wildman–Crippen MR) is 112 cm³/mol. The summed E-state index contributed by atoms with van der Waals surface area (Å²) in [5.41, 5.74) is -0.166. The molecule has 3 heterocycles. The Morgan fingerprint density at radius 3 is 2.88 bits per heavy atom. The molecule has 1 unspecified atom stereocenters. The monoisotopic (exact) mass is 446 g/mol. The molecule has 0 spiro atoms. The summed E-state index contributed by atoms with van der Waals surface area (Å²) < 4.78 is 48.2. The fourth-order valence-electron chi connectivity index (χ4n) is 3.64. The average molecular weight is 446 g/mol. The molecule has 0 amide bonds. The molecule has 3 aromatic rings. The quantitative estimate of drug-likeness (QED) is 0.324. The lowest BCUT2D eigenvalue weighted by Gasteiger charge is -2.19. The summed E-state index contributed by atoms with van der Waals surface area (Å²) >= 11 is 0. The minimum atomic E-state index is -4.49. The highest BCUT2D eigenvalue weighted by atomic mass is 19.4. The summed E-state index contributed by atoms with van der Waals surface area (Å²) in [6.45, 7) is 1.12. The van der Waals surface area contributed by atoms with Crippen LogP contribution in [0.5, 0.6) is 0 Å². The number of nitrogens with zero attached hydrogens (tertiary/aromatic N) is 3. The van der Waals surface area contributed by atoms with Crippen LogP contribution in [0.25, 0.3) is 16.8 Å². The second kappa shape index (κ2) is 9.52. The van der Waals surface area contributed by atoms with Crippen molar-refractivity contribution in [1.82, 2.24) is 4.40 Å². The van der Waals surface area contributed by atoms with E-state index in [1.807, 2.05) is 4.57 Å². The molecule has 1 saturated heterocycles. The highest BCUT2D eigenvalue weighted by Gasteiger charge is 2.31. The van der Waals surface area contributed by atoms with E-state index < -0.39 is 11.7 Å². The van der Waals surface area contributed by atoms with Crippen molar-refractivity contribution in [3.63, 3.8) is 0 Å². The van der Waals surface area contributed by atoms with Crippen LogP contribution in [-0.2, 0) is 22.3 Å². The largest absolute Gasteiger partial charge is 0.416 e. The molecule has 1 fully saturated rings. The Labute approximate surface area is 182 Å². The Morgan fingerprint density at radius 2 is 2.09 bits per heavy atom. The first-order valence-corrected chi connectivity index (χ1v) is 10.4. The first-order valence-electron chi connectivity index (χ1n) is 10.4. The number of hydrogen-bond donors (Lipinski definition) is 0. The molecule has 168 valence electrons. The van der Waals surface area contributed by atoms with Crippen LogP contribution < -0.4 is 10.1 Å². The molecule has 1 aliphatic heterocycles. The van der Waals surface area contributed by atoms with Gasteiger partial charge in [-0.3, -0.25) is 0 Å². The standard InChI is InChI=1S/C23H23F3N3O3/c24-23(25,26)18-8-5-7-17(15-18)19-16-28(20-9-1-3-13-29(20)22(19)30)12-6-11-27-32-21-10-2-4-14-31-21/h1,3,5,7-9,11,13,15-16,21H,2,4,6,10,12,14H2/q+1. The molecule has 1 aliphatic rings. The lowest BCUT2D eigenvalue weighted by Crippen LogP contribution is -2.40. The van der Waals surface area contributed by atoms with Gasteiger partial charge >= 0.3 is 11.7 Å². The van der Waals surface area contributed by atoms with Crippen LogP contribution in [0, 0.1) is 0 Å². The van der Waals surface area contributed by atoms with Gasteiger partial charge in [-0.05, 0) is 36.6 Å². The van der Waals surface area contributed by atoms with Gasteiger partial charge in [-0.15, -0.1) is 0 Å². The van der Waals surface area contributed by atoms with E-state index in [0.717, 1.165) is 31.4 Å². The van der Waals surface area contributed by atoms with Crippen molar-refractivity contribution in [3.8, 4) is 11.1 Å². The smallest absolute Gasteiger partial charge is 0.364 e. The Hall–Kier alpha value is -3.20. The number of hydrogen-bond acceptors (Lipinski definition) is 4. The van der Waals surface area contributed by atoms with Gasteiger partial charge in [0, 0.05) is 25.1 Å². The molecule has 0 bridgehead atoms. The fourth-order valence-corrected chi connectivity index (χ4v) is 3.64. The zero-order valence-electron chi connectivity index (χ0n) is 17.3. The number of benzene rings is 1. The third-order valence-electron chi connectivity index (χ3n) is 5.26. The normalized spacial score (nSPS) is 17.2. The molecular weight excluding hydrogens is 423 g/mol. The minimum absolute atomic E-state index is 0.184. The Balaban J connectivity index is 1.60. The SMILES string of the molecule is O=c1c(-c2cccc(C(F)(F)F)c2)c[n+](CCC=NOC2CCCCO2)c2ccccn12. The summed E-state index contributed by atoms with van der Waals surface area (Å²) in [6.07, 6.45) is 3.37. The topological polar surface area (TPSA) is 56.2 Å². The van der Waals surface area contributed by atoms with E-state index in [4.69, 9.17) is 9.57 Å². The van der Waals surface area contributed by atoms with Crippen molar-refractivity contribution in [2.75, 3.05) is 6.61 Å². The van der Waals surface area contributed by atoms with E-state index >= 15 is 0 Å². The summed E-state index contributed by atoms with van der Waals surface area (Å²) in [5, 5.41) is 3.97. The van der Waals surface area contributed by atoms with Gasteiger partial charge in [0.05, 0.1) is 24.9 Å². The van der Waals surface area contributed by atoms with Gasteiger partial charge in [0.1, 0.15) is 11.8 Å². The molecular formula is C23H23F3N3O3+. The van der Waals surface area contributed by atoms with Crippen LogP contribution in [0.4, 0.5) is 13.2 Å². The highest BCUT2D eigenvalue weighted by molar-refractivity contribution is 5.63. The van der Waals surface area contributed by atoms with Crippen molar-refractivity contribution in [1.29, 1.82) is 0 Å². The Kier molecular flexibility index (Phi) is 6.55.